The van der Waals surface area contributed by atoms with E-state index in [1.165, 1.54) is 24.3 Å². The van der Waals surface area contributed by atoms with Crippen LogP contribution in [0.1, 0.15) is 37.0 Å². The Balaban J connectivity index is 1.47. The molecule has 0 aliphatic carbocycles. The van der Waals surface area contributed by atoms with Crippen LogP contribution in [0.5, 0.6) is 5.75 Å². The van der Waals surface area contributed by atoms with Gasteiger partial charge in [-0.15, -0.1) is 0 Å². The molecule has 0 atom stereocenters. The molecule has 1 aliphatic heterocycles. The molecule has 1 heterocycles. The summed E-state index contributed by atoms with van der Waals surface area (Å²) in [6.07, 6.45) is 1.62. The summed E-state index contributed by atoms with van der Waals surface area (Å²) in [6, 6.07) is 13.2. The van der Waals surface area contributed by atoms with E-state index in [1.54, 1.807) is 24.3 Å². The zero-order chi connectivity index (χ0) is 25.7. The van der Waals surface area contributed by atoms with E-state index >= 15 is 0 Å². The van der Waals surface area contributed by atoms with E-state index in [0.717, 1.165) is 18.9 Å². The molecule has 190 valence electrons. The maximum atomic E-state index is 14.8. The molecule has 0 radical (unpaired) electrons. The van der Waals surface area contributed by atoms with Gasteiger partial charge >= 0.3 is 12.4 Å². The first kappa shape index (κ1) is 25.7. The van der Waals surface area contributed by atoms with Gasteiger partial charge in [-0.1, -0.05) is 50.6 Å². The fraction of sp³-hybridized carbons (Fsp3) is 0.321. The van der Waals surface area contributed by atoms with E-state index in [0.29, 0.717) is 30.9 Å². The summed E-state index contributed by atoms with van der Waals surface area (Å²) in [5.74, 6) is -3.39. The van der Waals surface area contributed by atoms with Gasteiger partial charge in [0, 0.05) is 17.0 Å². The van der Waals surface area contributed by atoms with Crippen molar-refractivity contribution < 1.29 is 36.9 Å². The highest BCUT2D eigenvalue weighted by atomic mass is 19.2. The van der Waals surface area contributed by atoms with Crippen molar-refractivity contribution >= 4 is 5.97 Å². The van der Waals surface area contributed by atoms with Crippen LogP contribution in [-0.2, 0) is 14.2 Å². The van der Waals surface area contributed by atoms with Gasteiger partial charge in [-0.25, -0.2) is 13.6 Å². The first-order chi connectivity index (χ1) is 17.4. The summed E-state index contributed by atoms with van der Waals surface area (Å²) in [5, 5.41) is 0. The van der Waals surface area contributed by atoms with Crippen LogP contribution in [0.4, 0.5) is 13.2 Å². The topological polar surface area (TPSA) is 54.0 Å². The number of rotatable bonds is 8. The Labute approximate surface area is 207 Å². The van der Waals surface area contributed by atoms with Gasteiger partial charge in [0.15, 0.2) is 11.6 Å². The van der Waals surface area contributed by atoms with Crippen LogP contribution in [-0.4, -0.2) is 32.3 Å². The van der Waals surface area contributed by atoms with Gasteiger partial charge in [0.2, 0.25) is 5.82 Å². The average Bonchev–Trinajstić information content (AvgIpc) is 2.88. The van der Waals surface area contributed by atoms with Crippen LogP contribution >= 0.6 is 0 Å². The molecule has 0 spiro atoms. The van der Waals surface area contributed by atoms with E-state index in [4.69, 9.17) is 18.9 Å². The summed E-state index contributed by atoms with van der Waals surface area (Å²) in [4.78, 5) is 12.3. The molecule has 0 unspecified atom stereocenters. The number of unbranched alkanes of at least 4 members (excludes halogenated alkanes) is 1. The van der Waals surface area contributed by atoms with Crippen LogP contribution in [0.15, 0.2) is 54.6 Å². The molecule has 1 fully saturated rings. The third-order valence-electron chi connectivity index (χ3n) is 5.75. The second-order valence-electron chi connectivity index (χ2n) is 8.68. The normalized spacial score (nSPS) is 17.6. The zero-order valence-corrected chi connectivity index (χ0v) is 20.1. The Morgan fingerprint density at radius 1 is 0.917 bits per heavy atom. The molecule has 1 aliphatic rings. The fourth-order valence-corrected chi connectivity index (χ4v) is 3.70. The quantitative estimate of drug-likeness (QED) is 0.253. The van der Waals surface area contributed by atoms with Crippen molar-refractivity contribution in [2.45, 2.75) is 33.2 Å². The maximum absolute atomic E-state index is 14.8. The van der Waals surface area contributed by atoms with Gasteiger partial charge in [0.05, 0.1) is 25.4 Å². The second kappa shape index (κ2) is 11.6. The molecule has 5 nitrogen and oxygen atoms in total. The number of benzene rings is 3. The number of carbonyl (C=O) groups is 1. The number of esters is 1. The molecule has 4 rings (SSSR count). The summed E-state index contributed by atoms with van der Waals surface area (Å²) in [6.45, 7) is 3.90. The molecule has 8 heteroatoms. The summed E-state index contributed by atoms with van der Waals surface area (Å²) < 4.78 is 65.0. The second-order valence-corrected chi connectivity index (χ2v) is 8.68. The molecule has 0 aromatic heterocycles. The van der Waals surface area contributed by atoms with Gasteiger partial charge < -0.3 is 18.9 Å². The lowest BCUT2D eigenvalue weighted by Crippen LogP contribution is -2.34. The van der Waals surface area contributed by atoms with Crippen molar-refractivity contribution in [1.29, 1.82) is 0 Å². The molecular weight excluding hydrogens is 473 g/mol. The van der Waals surface area contributed by atoms with E-state index in [2.05, 4.69) is 0 Å². The Morgan fingerprint density at radius 3 is 2.19 bits per heavy atom. The summed E-state index contributed by atoms with van der Waals surface area (Å²) in [5.41, 5.74) is 1.25. The minimum absolute atomic E-state index is 0.0116. The van der Waals surface area contributed by atoms with Crippen LogP contribution in [0.3, 0.4) is 0 Å². The molecule has 1 saturated heterocycles. The predicted octanol–water partition coefficient (Wildman–Crippen LogP) is 6.74. The SMILES string of the molecule is CCCCOc1ccc(-c2ccc(-c3ccc(C(=O)OC4OCC(C)CO4)cc3F)cc2)c(F)c1F. The van der Waals surface area contributed by atoms with Gasteiger partial charge in [-0.3, -0.25) is 0 Å². The third-order valence-corrected chi connectivity index (χ3v) is 5.75. The van der Waals surface area contributed by atoms with E-state index in [9.17, 15) is 18.0 Å². The molecule has 0 saturated carbocycles. The van der Waals surface area contributed by atoms with Crippen molar-refractivity contribution in [2.75, 3.05) is 19.8 Å². The van der Waals surface area contributed by atoms with Crippen LogP contribution in [0, 0.1) is 23.4 Å². The Morgan fingerprint density at radius 2 is 1.56 bits per heavy atom. The number of halogens is 3. The molecule has 3 aromatic rings. The molecule has 0 amide bonds. The smallest absolute Gasteiger partial charge is 0.342 e. The van der Waals surface area contributed by atoms with Crippen molar-refractivity contribution in [2.24, 2.45) is 5.92 Å². The van der Waals surface area contributed by atoms with Gasteiger partial charge in [0.1, 0.15) is 5.82 Å². The highest BCUT2D eigenvalue weighted by Gasteiger charge is 2.24. The minimum Gasteiger partial charge on any atom is -0.490 e. The highest BCUT2D eigenvalue weighted by Crippen LogP contribution is 2.32. The molecule has 36 heavy (non-hydrogen) atoms. The summed E-state index contributed by atoms with van der Waals surface area (Å²) >= 11 is 0. The van der Waals surface area contributed by atoms with E-state index in [-0.39, 0.29) is 28.4 Å². The first-order valence-electron chi connectivity index (χ1n) is 11.8. The minimum atomic E-state index is -1.12. The Bertz CT molecular complexity index is 1200. The molecular formula is C28H27F3O5. The molecule has 3 aromatic carbocycles. The number of ether oxygens (including phenoxy) is 4. The van der Waals surface area contributed by atoms with E-state index in [1.807, 2.05) is 13.8 Å². The van der Waals surface area contributed by atoms with E-state index < -0.39 is 29.9 Å². The Kier molecular flexibility index (Phi) is 8.28. The lowest BCUT2D eigenvalue weighted by atomic mass is 9.98. The molecule has 0 N–H and O–H groups in total. The van der Waals surface area contributed by atoms with Crippen molar-refractivity contribution in [3.05, 3.63) is 77.6 Å². The lowest BCUT2D eigenvalue weighted by molar-refractivity contribution is -0.297. The molecule has 0 bridgehead atoms. The Hall–Kier alpha value is -3.36. The summed E-state index contributed by atoms with van der Waals surface area (Å²) in [7, 11) is 0. The van der Waals surface area contributed by atoms with Crippen molar-refractivity contribution in [1.82, 2.24) is 0 Å². The van der Waals surface area contributed by atoms with Gasteiger partial charge in [-0.2, -0.15) is 4.39 Å². The number of hydrogen-bond donors (Lipinski definition) is 0. The van der Waals surface area contributed by atoms with Crippen molar-refractivity contribution in [3.8, 4) is 28.0 Å². The van der Waals surface area contributed by atoms with Gasteiger partial charge in [-0.05, 0) is 41.8 Å². The van der Waals surface area contributed by atoms with Crippen molar-refractivity contribution in [3.63, 3.8) is 0 Å². The highest BCUT2D eigenvalue weighted by molar-refractivity contribution is 5.90. The van der Waals surface area contributed by atoms with Crippen LogP contribution in [0.25, 0.3) is 22.3 Å². The average molecular weight is 501 g/mol. The largest absolute Gasteiger partial charge is 0.490 e. The number of carbonyl (C=O) groups excluding carboxylic acids is 1. The zero-order valence-electron chi connectivity index (χ0n) is 20.1. The monoisotopic (exact) mass is 500 g/mol. The van der Waals surface area contributed by atoms with Crippen LogP contribution < -0.4 is 4.74 Å². The predicted molar refractivity (Wildman–Crippen MR) is 128 cm³/mol. The first-order valence-corrected chi connectivity index (χ1v) is 11.8. The fourth-order valence-electron chi connectivity index (χ4n) is 3.70. The van der Waals surface area contributed by atoms with Gasteiger partial charge in [0.25, 0.3) is 0 Å². The third kappa shape index (κ3) is 5.88. The number of hydrogen-bond acceptors (Lipinski definition) is 5. The standard InChI is InChI=1S/C28H27F3O5/c1-3-4-13-33-24-12-11-22(25(30)26(24)31)19-7-5-18(6-8-19)21-10-9-20(14-23(21)29)27(32)36-28-34-15-17(2)16-35-28/h5-12,14,17,28H,3-4,13,15-16H2,1-2H3. The lowest BCUT2D eigenvalue weighted by Gasteiger charge is -2.26. The van der Waals surface area contributed by atoms with Crippen LogP contribution in [0.2, 0.25) is 0 Å². The maximum Gasteiger partial charge on any atom is 0.342 e.